The highest BCUT2D eigenvalue weighted by Gasteiger charge is 2.15. The summed E-state index contributed by atoms with van der Waals surface area (Å²) in [5.41, 5.74) is 2.46. The zero-order valence-electron chi connectivity index (χ0n) is 16.6. The summed E-state index contributed by atoms with van der Waals surface area (Å²) >= 11 is 0. The average Bonchev–Trinajstić information content (AvgIpc) is 3.17. The van der Waals surface area contributed by atoms with Crippen LogP contribution >= 0.6 is 0 Å². The summed E-state index contributed by atoms with van der Waals surface area (Å²) in [6.45, 7) is 4.49. The molecule has 3 rings (SSSR count). The Kier molecular flexibility index (Phi) is 7.26. The molecule has 0 atom stereocenters. The van der Waals surface area contributed by atoms with Gasteiger partial charge in [0.1, 0.15) is 5.75 Å². The van der Waals surface area contributed by atoms with Crippen molar-refractivity contribution in [1.82, 2.24) is 0 Å². The Labute approximate surface area is 163 Å². The van der Waals surface area contributed by atoms with Gasteiger partial charge in [-0.3, -0.25) is 0 Å². The molecular formula is C23H31NO3. The minimum atomic E-state index is 0.318. The summed E-state index contributed by atoms with van der Waals surface area (Å²) < 4.78 is 16.3. The number of ether oxygens (including phenoxy) is 3. The van der Waals surface area contributed by atoms with Gasteiger partial charge in [0, 0.05) is 18.8 Å². The Morgan fingerprint density at radius 3 is 2.41 bits per heavy atom. The maximum Gasteiger partial charge on any atom is 0.231 e. The van der Waals surface area contributed by atoms with Gasteiger partial charge in [-0.15, -0.1) is 0 Å². The van der Waals surface area contributed by atoms with Crippen molar-refractivity contribution in [3.63, 3.8) is 0 Å². The lowest BCUT2D eigenvalue weighted by atomic mass is 10.1. The predicted octanol–water partition coefficient (Wildman–Crippen LogP) is 5.79. The maximum atomic E-state index is 5.54. The SMILES string of the molecule is CCCCCCCCN(Cc1ccc2c(c1)OCO2)c1ccc(OC)cc1. The van der Waals surface area contributed by atoms with E-state index in [9.17, 15) is 0 Å². The lowest BCUT2D eigenvalue weighted by Gasteiger charge is -2.25. The van der Waals surface area contributed by atoms with E-state index in [0.29, 0.717) is 6.79 Å². The highest BCUT2D eigenvalue weighted by molar-refractivity contribution is 5.51. The quantitative estimate of drug-likeness (QED) is 0.469. The van der Waals surface area contributed by atoms with Crippen LogP contribution in [-0.4, -0.2) is 20.4 Å². The van der Waals surface area contributed by atoms with Crippen molar-refractivity contribution in [3.05, 3.63) is 48.0 Å². The standard InChI is InChI=1S/C23H31NO3/c1-3-4-5-6-7-8-15-24(20-10-12-21(25-2)13-11-20)17-19-9-14-22-23(16-19)27-18-26-22/h9-14,16H,3-8,15,17-18H2,1-2H3. The average molecular weight is 370 g/mol. The van der Waals surface area contributed by atoms with Crippen LogP contribution in [0.25, 0.3) is 0 Å². The van der Waals surface area contributed by atoms with Crippen LogP contribution in [-0.2, 0) is 6.54 Å². The topological polar surface area (TPSA) is 30.9 Å². The van der Waals surface area contributed by atoms with Crippen LogP contribution in [0.15, 0.2) is 42.5 Å². The van der Waals surface area contributed by atoms with Gasteiger partial charge in [-0.2, -0.15) is 0 Å². The number of nitrogens with zero attached hydrogens (tertiary/aromatic N) is 1. The van der Waals surface area contributed by atoms with Crippen molar-refractivity contribution in [1.29, 1.82) is 0 Å². The Bertz CT molecular complexity index is 699. The fourth-order valence-electron chi connectivity index (χ4n) is 3.44. The minimum Gasteiger partial charge on any atom is -0.497 e. The van der Waals surface area contributed by atoms with Crippen molar-refractivity contribution in [2.24, 2.45) is 0 Å². The third kappa shape index (κ3) is 5.56. The van der Waals surface area contributed by atoms with Gasteiger partial charge in [-0.05, 0) is 48.4 Å². The van der Waals surface area contributed by atoms with Crippen LogP contribution in [0.1, 0.15) is 51.0 Å². The Morgan fingerprint density at radius 2 is 1.63 bits per heavy atom. The van der Waals surface area contributed by atoms with E-state index in [1.165, 1.54) is 49.8 Å². The number of unbranched alkanes of at least 4 members (excludes halogenated alkanes) is 5. The molecule has 27 heavy (non-hydrogen) atoms. The fraction of sp³-hybridized carbons (Fsp3) is 0.478. The van der Waals surface area contributed by atoms with Crippen LogP contribution in [0.4, 0.5) is 5.69 Å². The first kappa shape index (κ1) is 19.4. The van der Waals surface area contributed by atoms with Gasteiger partial charge in [-0.25, -0.2) is 0 Å². The first-order valence-corrected chi connectivity index (χ1v) is 10.1. The Morgan fingerprint density at radius 1 is 0.889 bits per heavy atom. The van der Waals surface area contributed by atoms with Gasteiger partial charge in [0.05, 0.1) is 7.11 Å². The van der Waals surface area contributed by atoms with E-state index in [4.69, 9.17) is 14.2 Å². The third-order valence-corrected chi connectivity index (χ3v) is 5.03. The molecule has 2 aromatic carbocycles. The van der Waals surface area contributed by atoms with Crippen LogP contribution in [0, 0.1) is 0 Å². The maximum absolute atomic E-state index is 5.54. The van der Waals surface area contributed by atoms with E-state index >= 15 is 0 Å². The Hall–Kier alpha value is -2.36. The molecule has 0 aromatic heterocycles. The number of benzene rings is 2. The normalized spacial score (nSPS) is 12.2. The van der Waals surface area contributed by atoms with Crippen molar-refractivity contribution in [3.8, 4) is 17.2 Å². The number of methoxy groups -OCH3 is 1. The van der Waals surface area contributed by atoms with Crippen LogP contribution in [0.2, 0.25) is 0 Å². The zero-order valence-corrected chi connectivity index (χ0v) is 16.6. The van der Waals surface area contributed by atoms with E-state index in [-0.39, 0.29) is 0 Å². The van der Waals surface area contributed by atoms with Crippen molar-refractivity contribution in [2.45, 2.75) is 52.0 Å². The van der Waals surface area contributed by atoms with E-state index in [0.717, 1.165) is 30.3 Å². The molecule has 4 nitrogen and oxygen atoms in total. The second-order valence-electron chi connectivity index (χ2n) is 7.07. The Balaban J connectivity index is 1.64. The molecule has 1 aliphatic rings. The van der Waals surface area contributed by atoms with Crippen LogP contribution in [0.5, 0.6) is 17.2 Å². The summed E-state index contributed by atoms with van der Waals surface area (Å²) in [5, 5.41) is 0. The second-order valence-corrected chi connectivity index (χ2v) is 7.07. The molecule has 4 heteroatoms. The number of fused-ring (bicyclic) bond motifs is 1. The summed E-state index contributed by atoms with van der Waals surface area (Å²) in [5.74, 6) is 2.58. The van der Waals surface area contributed by atoms with Gasteiger partial charge in [-0.1, -0.05) is 45.1 Å². The van der Waals surface area contributed by atoms with Gasteiger partial charge < -0.3 is 19.1 Å². The van der Waals surface area contributed by atoms with Crippen LogP contribution in [0.3, 0.4) is 0 Å². The number of hydrogen-bond acceptors (Lipinski definition) is 4. The highest BCUT2D eigenvalue weighted by Crippen LogP contribution is 2.33. The molecule has 0 amide bonds. The van der Waals surface area contributed by atoms with Gasteiger partial charge >= 0.3 is 0 Å². The van der Waals surface area contributed by atoms with Gasteiger partial charge in [0.15, 0.2) is 11.5 Å². The highest BCUT2D eigenvalue weighted by atomic mass is 16.7. The molecule has 0 spiro atoms. The molecule has 0 saturated heterocycles. The number of rotatable bonds is 11. The largest absolute Gasteiger partial charge is 0.497 e. The van der Waals surface area contributed by atoms with Gasteiger partial charge in [0.2, 0.25) is 6.79 Å². The first-order valence-electron chi connectivity index (χ1n) is 10.1. The van der Waals surface area contributed by atoms with Crippen molar-refractivity contribution < 1.29 is 14.2 Å². The molecule has 146 valence electrons. The van der Waals surface area contributed by atoms with Crippen molar-refractivity contribution in [2.75, 3.05) is 25.3 Å². The summed E-state index contributed by atoms with van der Waals surface area (Å²) in [6.07, 6.45) is 7.81. The molecule has 2 aromatic rings. The van der Waals surface area contributed by atoms with Crippen molar-refractivity contribution >= 4 is 5.69 Å². The molecule has 0 unspecified atom stereocenters. The van der Waals surface area contributed by atoms with E-state index in [1.54, 1.807) is 7.11 Å². The molecule has 0 radical (unpaired) electrons. The number of hydrogen-bond donors (Lipinski definition) is 0. The molecule has 0 aliphatic carbocycles. The molecule has 0 fully saturated rings. The van der Waals surface area contributed by atoms with Crippen LogP contribution < -0.4 is 19.1 Å². The smallest absolute Gasteiger partial charge is 0.231 e. The molecule has 1 aliphatic heterocycles. The third-order valence-electron chi connectivity index (χ3n) is 5.03. The molecular weight excluding hydrogens is 338 g/mol. The lowest BCUT2D eigenvalue weighted by Crippen LogP contribution is -2.23. The lowest BCUT2D eigenvalue weighted by molar-refractivity contribution is 0.174. The molecule has 1 heterocycles. The monoisotopic (exact) mass is 369 g/mol. The van der Waals surface area contributed by atoms with E-state index in [2.05, 4.69) is 36.1 Å². The molecule has 0 saturated carbocycles. The van der Waals surface area contributed by atoms with Gasteiger partial charge in [0.25, 0.3) is 0 Å². The summed E-state index contributed by atoms with van der Waals surface area (Å²) in [6, 6.07) is 14.6. The summed E-state index contributed by atoms with van der Waals surface area (Å²) in [4.78, 5) is 2.44. The summed E-state index contributed by atoms with van der Waals surface area (Å²) in [7, 11) is 1.70. The number of anilines is 1. The second kappa shape index (κ2) is 10.1. The minimum absolute atomic E-state index is 0.318. The van der Waals surface area contributed by atoms with E-state index in [1.807, 2.05) is 18.2 Å². The molecule has 0 bridgehead atoms. The van der Waals surface area contributed by atoms with E-state index < -0.39 is 0 Å². The zero-order chi connectivity index (χ0) is 18.9. The fourth-order valence-corrected chi connectivity index (χ4v) is 3.44. The predicted molar refractivity (Wildman–Crippen MR) is 110 cm³/mol. The first-order chi connectivity index (χ1) is 13.3. The molecule has 0 N–H and O–H groups in total.